The Morgan fingerprint density at radius 2 is 1.68 bits per heavy atom. The van der Waals surface area contributed by atoms with Crippen molar-refractivity contribution in [3.8, 4) is 0 Å². The third-order valence-corrected chi connectivity index (χ3v) is 4.76. The molecule has 0 saturated carbocycles. The Balaban J connectivity index is 1.77. The maximum absolute atomic E-state index is 12.2. The lowest BCUT2D eigenvalue weighted by Gasteiger charge is -2.10. The Morgan fingerprint density at radius 3 is 2.41 bits per heavy atom. The molecule has 2 aromatic rings. The van der Waals surface area contributed by atoms with E-state index in [4.69, 9.17) is 0 Å². The second-order valence-corrected chi connectivity index (χ2v) is 6.65. The van der Waals surface area contributed by atoms with E-state index in [0.29, 0.717) is 6.54 Å². The van der Waals surface area contributed by atoms with Crippen LogP contribution in [0.15, 0.2) is 42.5 Å². The zero-order valence-corrected chi connectivity index (χ0v) is 14.3. The quantitative estimate of drug-likeness (QED) is 0.807. The topological polar surface area (TPSA) is 29.1 Å². The van der Waals surface area contributed by atoms with Crippen LogP contribution in [0.5, 0.6) is 0 Å². The number of carbonyl (C=O) groups is 1. The smallest absolute Gasteiger partial charge is 0.251 e. The summed E-state index contributed by atoms with van der Waals surface area (Å²) in [5.74, 6) is 1.94. The van der Waals surface area contributed by atoms with E-state index in [1.165, 1.54) is 11.1 Å². The predicted molar refractivity (Wildman–Crippen MR) is 95.6 cm³/mol. The van der Waals surface area contributed by atoms with Crippen LogP contribution in [0.3, 0.4) is 0 Å². The number of nitrogens with one attached hydrogen (secondary N) is 1. The van der Waals surface area contributed by atoms with Crippen LogP contribution in [-0.4, -0.2) is 18.2 Å². The van der Waals surface area contributed by atoms with Crippen molar-refractivity contribution in [3.05, 3.63) is 70.3 Å². The molecular weight excluding hydrogens is 290 g/mol. The van der Waals surface area contributed by atoms with E-state index in [9.17, 15) is 4.79 Å². The van der Waals surface area contributed by atoms with Crippen molar-refractivity contribution < 1.29 is 4.79 Å². The highest BCUT2D eigenvalue weighted by Gasteiger charge is 2.09. The highest BCUT2D eigenvalue weighted by atomic mass is 32.2. The van der Waals surface area contributed by atoms with E-state index in [0.717, 1.165) is 28.2 Å². The lowest BCUT2D eigenvalue weighted by atomic mass is 10.0. The minimum absolute atomic E-state index is 0.0286. The molecule has 1 N–H and O–H groups in total. The summed E-state index contributed by atoms with van der Waals surface area (Å²) >= 11 is 1.84. The molecule has 0 aromatic heterocycles. The Kier molecular flexibility index (Phi) is 6.08. The number of aryl methyl sites for hydroxylation is 3. The molecule has 0 aliphatic carbocycles. The normalized spacial score (nSPS) is 10.5. The van der Waals surface area contributed by atoms with Crippen molar-refractivity contribution in [1.82, 2.24) is 5.32 Å². The van der Waals surface area contributed by atoms with E-state index in [-0.39, 0.29) is 5.91 Å². The maximum Gasteiger partial charge on any atom is 0.251 e. The summed E-state index contributed by atoms with van der Waals surface area (Å²) in [6.07, 6.45) is 0. The van der Waals surface area contributed by atoms with Gasteiger partial charge in [0, 0.05) is 23.6 Å². The van der Waals surface area contributed by atoms with Gasteiger partial charge >= 0.3 is 0 Å². The fourth-order valence-electron chi connectivity index (χ4n) is 2.30. The summed E-state index contributed by atoms with van der Waals surface area (Å²) in [5, 5.41) is 3.01. The first-order chi connectivity index (χ1) is 10.6. The highest BCUT2D eigenvalue weighted by molar-refractivity contribution is 7.98. The van der Waals surface area contributed by atoms with Gasteiger partial charge in [0.2, 0.25) is 0 Å². The van der Waals surface area contributed by atoms with Gasteiger partial charge in [-0.3, -0.25) is 4.79 Å². The SMILES string of the molecule is Cc1cc(C)c(C(=O)NCCSCc2ccccc2)cc1C. The largest absolute Gasteiger partial charge is 0.351 e. The zero-order valence-electron chi connectivity index (χ0n) is 13.5. The van der Waals surface area contributed by atoms with Gasteiger partial charge in [-0.25, -0.2) is 0 Å². The van der Waals surface area contributed by atoms with E-state index in [2.05, 4.69) is 42.6 Å². The molecule has 0 spiro atoms. The van der Waals surface area contributed by atoms with Crippen molar-refractivity contribution in [2.24, 2.45) is 0 Å². The molecule has 2 rings (SSSR count). The van der Waals surface area contributed by atoms with Gasteiger partial charge in [0.25, 0.3) is 5.91 Å². The first-order valence-corrected chi connectivity index (χ1v) is 8.71. The van der Waals surface area contributed by atoms with Gasteiger partial charge in [0.05, 0.1) is 0 Å². The zero-order chi connectivity index (χ0) is 15.9. The minimum Gasteiger partial charge on any atom is -0.351 e. The van der Waals surface area contributed by atoms with Crippen LogP contribution >= 0.6 is 11.8 Å². The number of benzene rings is 2. The Hall–Kier alpha value is -1.74. The molecule has 3 heteroatoms. The molecule has 0 atom stereocenters. The lowest BCUT2D eigenvalue weighted by molar-refractivity contribution is 0.0955. The summed E-state index contributed by atoms with van der Waals surface area (Å²) in [7, 11) is 0. The number of hydrogen-bond acceptors (Lipinski definition) is 2. The van der Waals surface area contributed by atoms with E-state index >= 15 is 0 Å². The van der Waals surface area contributed by atoms with Crippen LogP contribution in [0.2, 0.25) is 0 Å². The van der Waals surface area contributed by atoms with Crippen molar-refractivity contribution in [1.29, 1.82) is 0 Å². The minimum atomic E-state index is 0.0286. The van der Waals surface area contributed by atoms with Crippen LogP contribution in [0.4, 0.5) is 0 Å². The molecule has 0 saturated heterocycles. The van der Waals surface area contributed by atoms with Gasteiger partial charge in [-0.05, 0) is 49.1 Å². The van der Waals surface area contributed by atoms with Crippen molar-refractivity contribution in [2.45, 2.75) is 26.5 Å². The predicted octanol–water partition coefficient (Wildman–Crippen LogP) is 4.28. The van der Waals surface area contributed by atoms with Gasteiger partial charge in [-0.1, -0.05) is 36.4 Å². The maximum atomic E-state index is 12.2. The molecule has 0 fully saturated rings. The monoisotopic (exact) mass is 313 g/mol. The summed E-state index contributed by atoms with van der Waals surface area (Å²) < 4.78 is 0. The van der Waals surface area contributed by atoms with Crippen LogP contribution in [0, 0.1) is 20.8 Å². The second-order valence-electron chi connectivity index (χ2n) is 5.55. The number of rotatable bonds is 6. The van der Waals surface area contributed by atoms with Gasteiger partial charge in [-0.15, -0.1) is 0 Å². The lowest BCUT2D eigenvalue weighted by Crippen LogP contribution is -2.26. The van der Waals surface area contributed by atoms with Gasteiger partial charge in [0.15, 0.2) is 0 Å². The molecule has 0 aliphatic heterocycles. The fourth-order valence-corrected chi connectivity index (χ4v) is 3.12. The van der Waals surface area contributed by atoms with Crippen LogP contribution in [0.25, 0.3) is 0 Å². The molecular formula is C19H23NOS. The Bertz CT molecular complexity index is 637. The fraction of sp³-hybridized carbons (Fsp3) is 0.316. The molecule has 0 bridgehead atoms. The van der Waals surface area contributed by atoms with Crippen LogP contribution in [0.1, 0.15) is 32.6 Å². The number of carbonyl (C=O) groups excluding carboxylic acids is 1. The third kappa shape index (κ3) is 4.63. The standard InChI is InChI=1S/C19H23NOS/c1-14-11-16(3)18(12-15(14)2)19(21)20-9-10-22-13-17-7-5-4-6-8-17/h4-8,11-12H,9-10,13H2,1-3H3,(H,20,21). The molecule has 116 valence electrons. The second kappa shape index (κ2) is 8.04. The molecule has 0 heterocycles. The summed E-state index contributed by atoms with van der Waals surface area (Å²) in [4.78, 5) is 12.2. The highest BCUT2D eigenvalue weighted by Crippen LogP contribution is 2.15. The molecule has 2 nitrogen and oxygen atoms in total. The van der Waals surface area contributed by atoms with Crippen molar-refractivity contribution in [3.63, 3.8) is 0 Å². The van der Waals surface area contributed by atoms with Gasteiger partial charge in [0.1, 0.15) is 0 Å². The average molecular weight is 313 g/mol. The number of thioether (sulfide) groups is 1. The van der Waals surface area contributed by atoms with Gasteiger partial charge in [-0.2, -0.15) is 11.8 Å². The van der Waals surface area contributed by atoms with E-state index in [1.807, 2.05) is 37.7 Å². The average Bonchev–Trinajstić information content (AvgIpc) is 2.51. The Morgan fingerprint density at radius 1 is 1.00 bits per heavy atom. The summed E-state index contributed by atoms with van der Waals surface area (Å²) in [6, 6.07) is 14.5. The van der Waals surface area contributed by atoms with Crippen LogP contribution in [-0.2, 0) is 5.75 Å². The molecule has 0 aliphatic rings. The van der Waals surface area contributed by atoms with E-state index < -0.39 is 0 Å². The first kappa shape index (κ1) is 16.6. The van der Waals surface area contributed by atoms with Crippen molar-refractivity contribution >= 4 is 17.7 Å². The number of hydrogen-bond donors (Lipinski definition) is 1. The molecule has 1 amide bonds. The summed E-state index contributed by atoms with van der Waals surface area (Å²) in [6.45, 7) is 6.81. The molecule has 0 unspecified atom stereocenters. The number of amides is 1. The third-order valence-electron chi connectivity index (χ3n) is 3.73. The summed E-state index contributed by atoms with van der Waals surface area (Å²) in [5.41, 5.74) is 5.54. The molecule has 2 aromatic carbocycles. The Labute approximate surface area is 137 Å². The van der Waals surface area contributed by atoms with Crippen LogP contribution < -0.4 is 5.32 Å². The first-order valence-electron chi connectivity index (χ1n) is 7.55. The van der Waals surface area contributed by atoms with E-state index in [1.54, 1.807) is 0 Å². The molecule has 22 heavy (non-hydrogen) atoms. The molecule has 0 radical (unpaired) electrons. The van der Waals surface area contributed by atoms with Gasteiger partial charge < -0.3 is 5.32 Å². The van der Waals surface area contributed by atoms with Crippen molar-refractivity contribution in [2.75, 3.05) is 12.3 Å².